The number of benzene rings is 2. The van der Waals surface area contributed by atoms with E-state index in [1.54, 1.807) is 12.1 Å². The molecule has 0 amide bonds. The van der Waals surface area contributed by atoms with Gasteiger partial charge >= 0.3 is 0 Å². The highest BCUT2D eigenvalue weighted by atomic mass is 35.5. The average Bonchev–Trinajstić information content (AvgIpc) is 2.56. The number of hydrazone groups is 1. The number of ketones is 1. The van der Waals surface area contributed by atoms with Gasteiger partial charge in [-0.05, 0) is 36.8 Å². The van der Waals surface area contributed by atoms with Crippen LogP contribution in [-0.2, 0) is 10.5 Å². The first-order valence-electron chi connectivity index (χ1n) is 7.64. The smallest absolute Gasteiger partial charge is 0.206 e. The largest absolute Gasteiger partial charge is 0.291 e. The Hall–Kier alpha value is -2.37. The summed E-state index contributed by atoms with van der Waals surface area (Å²) in [5.41, 5.74) is 4.59. The van der Waals surface area contributed by atoms with Gasteiger partial charge in [-0.15, -0.1) is 5.10 Å². The summed E-state index contributed by atoms with van der Waals surface area (Å²) < 4.78 is 0. The molecule has 0 radical (unpaired) electrons. The zero-order valence-corrected chi connectivity index (χ0v) is 14.6. The van der Waals surface area contributed by atoms with E-state index in [4.69, 9.17) is 11.6 Å². The van der Waals surface area contributed by atoms with Crippen LogP contribution in [0.1, 0.15) is 19.4 Å². The van der Waals surface area contributed by atoms with E-state index in [-0.39, 0.29) is 5.78 Å². The predicted octanol–water partition coefficient (Wildman–Crippen LogP) is 3.37. The van der Waals surface area contributed by atoms with E-state index < -0.39 is 5.66 Å². The van der Waals surface area contributed by atoms with Crippen molar-refractivity contribution in [1.29, 1.82) is 0 Å². The van der Waals surface area contributed by atoms with E-state index >= 15 is 0 Å². The highest BCUT2D eigenvalue weighted by Crippen LogP contribution is 2.34. The summed E-state index contributed by atoms with van der Waals surface area (Å²) in [6.07, 6.45) is 0. The first kappa shape index (κ1) is 16.5. The molecule has 6 heteroatoms. The third-order valence-corrected chi connectivity index (χ3v) is 4.30. The van der Waals surface area contributed by atoms with Gasteiger partial charge in [-0.25, -0.2) is 10.4 Å². The maximum atomic E-state index is 11.9. The molecule has 3 rings (SSSR count). The van der Waals surface area contributed by atoms with Crippen molar-refractivity contribution in [1.82, 2.24) is 10.4 Å². The SMILES string of the molecule is CC(=O)C1=NN(c2ccc(Cl)cc2)C(C)(c2ccccc2)NN1C. The Morgan fingerprint density at radius 2 is 1.75 bits per heavy atom. The summed E-state index contributed by atoms with van der Waals surface area (Å²) in [7, 11) is 1.79. The second-order valence-corrected chi connectivity index (χ2v) is 6.31. The number of hydrazine groups is 1. The number of carbonyl (C=O) groups excluding carboxylic acids is 1. The van der Waals surface area contributed by atoms with Crippen molar-refractivity contribution < 1.29 is 4.79 Å². The van der Waals surface area contributed by atoms with Crippen molar-refractivity contribution in [3.63, 3.8) is 0 Å². The molecular weight excluding hydrogens is 324 g/mol. The lowest BCUT2D eigenvalue weighted by Gasteiger charge is -2.47. The van der Waals surface area contributed by atoms with Crippen molar-refractivity contribution in [2.24, 2.45) is 5.10 Å². The summed E-state index contributed by atoms with van der Waals surface area (Å²) in [6.45, 7) is 3.52. The first-order chi connectivity index (χ1) is 11.4. The van der Waals surface area contributed by atoms with Crippen molar-refractivity contribution >= 4 is 28.9 Å². The Morgan fingerprint density at radius 3 is 2.33 bits per heavy atom. The highest BCUT2D eigenvalue weighted by Gasteiger charge is 2.40. The monoisotopic (exact) mass is 342 g/mol. The molecule has 2 aromatic rings. The Morgan fingerprint density at radius 1 is 1.12 bits per heavy atom. The maximum Gasteiger partial charge on any atom is 0.206 e. The number of hydrogen-bond donors (Lipinski definition) is 1. The van der Waals surface area contributed by atoms with Gasteiger partial charge in [0, 0.05) is 19.0 Å². The number of anilines is 1. The topological polar surface area (TPSA) is 47.9 Å². The quantitative estimate of drug-likeness (QED) is 0.929. The van der Waals surface area contributed by atoms with Gasteiger partial charge in [0.05, 0.1) is 5.69 Å². The van der Waals surface area contributed by atoms with Crippen molar-refractivity contribution in [2.45, 2.75) is 19.5 Å². The fraction of sp³-hybridized carbons (Fsp3) is 0.222. The molecule has 0 aromatic heterocycles. The Balaban J connectivity index is 2.16. The summed E-state index contributed by atoms with van der Waals surface area (Å²) in [5, 5.41) is 8.75. The van der Waals surface area contributed by atoms with Gasteiger partial charge in [-0.3, -0.25) is 9.80 Å². The third kappa shape index (κ3) is 2.88. The van der Waals surface area contributed by atoms with Gasteiger partial charge in [0.25, 0.3) is 0 Å². The van der Waals surface area contributed by atoms with E-state index in [0.29, 0.717) is 10.9 Å². The minimum absolute atomic E-state index is 0.112. The molecule has 0 saturated carbocycles. The number of nitrogens with zero attached hydrogens (tertiary/aromatic N) is 3. The summed E-state index contributed by atoms with van der Waals surface area (Å²) >= 11 is 6.01. The molecule has 1 atom stereocenters. The molecule has 1 aliphatic heterocycles. The number of nitrogens with one attached hydrogen (secondary N) is 1. The number of halogens is 1. The molecule has 1 aliphatic rings. The zero-order chi connectivity index (χ0) is 17.3. The molecule has 5 nitrogen and oxygen atoms in total. The molecular formula is C18H19ClN4O. The van der Waals surface area contributed by atoms with E-state index in [1.165, 1.54) is 6.92 Å². The second kappa shape index (κ2) is 6.26. The first-order valence-corrected chi connectivity index (χ1v) is 8.02. The standard InChI is InChI=1S/C18H19ClN4O/c1-13(24)17-20-23(16-11-9-15(19)10-12-16)18(2,21-22(17)3)14-7-5-4-6-8-14/h4-12,21H,1-3H3. The molecule has 0 aliphatic carbocycles. The number of Topliss-reactive ketones (excluding diaryl/α,β-unsaturated/α-hetero) is 1. The fourth-order valence-corrected chi connectivity index (χ4v) is 2.97. The average molecular weight is 343 g/mol. The van der Waals surface area contributed by atoms with Crippen molar-refractivity contribution in [3.05, 3.63) is 65.2 Å². The van der Waals surface area contributed by atoms with Crippen LogP contribution in [-0.4, -0.2) is 23.7 Å². The van der Waals surface area contributed by atoms with Crippen LogP contribution in [0.5, 0.6) is 0 Å². The molecule has 1 unspecified atom stereocenters. The highest BCUT2D eigenvalue weighted by molar-refractivity contribution is 6.38. The van der Waals surface area contributed by atoms with Gasteiger partial charge in [0.15, 0.2) is 11.4 Å². The Bertz CT molecular complexity index is 775. The molecule has 0 fully saturated rings. The molecule has 1 N–H and O–H groups in total. The van der Waals surface area contributed by atoms with Crippen molar-refractivity contribution in [2.75, 3.05) is 12.1 Å². The summed E-state index contributed by atoms with van der Waals surface area (Å²) in [5.74, 6) is 0.234. The van der Waals surface area contributed by atoms with Gasteiger partial charge in [0.2, 0.25) is 5.84 Å². The molecule has 1 heterocycles. The fourth-order valence-electron chi connectivity index (χ4n) is 2.84. The van der Waals surface area contributed by atoms with Gasteiger partial charge in [0.1, 0.15) is 0 Å². The van der Waals surface area contributed by atoms with Crippen LogP contribution >= 0.6 is 11.6 Å². The normalized spacial score (nSPS) is 20.8. The van der Waals surface area contributed by atoms with Crippen LogP contribution in [0.15, 0.2) is 59.7 Å². The number of rotatable bonds is 3. The van der Waals surface area contributed by atoms with Gasteiger partial charge in [-0.2, -0.15) is 0 Å². The van der Waals surface area contributed by atoms with Crippen LogP contribution in [0.25, 0.3) is 0 Å². The van der Waals surface area contributed by atoms with E-state index in [0.717, 1.165) is 11.3 Å². The maximum absolute atomic E-state index is 11.9. The van der Waals surface area contributed by atoms with E-state index in [1.807, 2.05) is 66.5 Å². The Kier molecular flexibility index (Phi) is 4.30. The minimum Gasteiger partial charge on any atom is -0.291 e. The lowest BCUT2D eigenvalue weighted by Crippen LogP contribution is -2.64. The second-order valence-electron chi connectivity index (χ2n) is 5.88. The lowest BCUT2D eigenvalue weighted by molar-refractivity contribution is -0.112. The zero-order valence-electron chi connectivity index (χ0n) is 13.8. The molecule has 0 spiro atoms. The van der Waals surface area contributed by atoms with Gasteiger partial charge in [-0.1, -0.05) is 41.9 Å². The molecule has 0 saturated heterocycles. The number of amidine groups is 1. The van der Waals surface area contributed by atoms with Crippen molar-refractivity contribution in [3.8, 4) is 0 Å². The van der Waals surface area contributed by atoms with Crippen LogP contribution < -0.4 is 10.4 Å². The predicted molar refractivity (Wildman–Crippen MR) is 96.7 cm³/mol. The van der Waals surface area contributed by atoms with Crippen LogP contribution in [0, 0.1) is 0 Å². The molecule has 2 aromatic carbocycles. The summed E-state index contributed by atoms with van der Waals surface area (Å²) in [6, 6.07) is 17.4. The van der Waals surface area contributed by atoms with Crippen LogP contribution in [0.2, 0.25) is 5.02 Å². The molecule has 0 bridgehead atoms. The van der Waals surface area contributed by atoms with E-state index in [2.05, 4.69) is 10.5 Å². The Labute approximate surface area is 146 Å². The number of hydrogen-bond acceptors (Lipinski definition) is 5. The number of carbonyl (C=O) groups is 1. The van der Waals surface area contributed by atoms with E-state index in [9.17, 15) is 4.79 Å². The van der Waals surface area contributed by atoms with Crippen LogP contribution in [0.3, 0.4) is 0 Å². The lowest BCUT2D eigenvalue weighted by atomic mass is 10.00. The minimum atomic E-state index is -0.650. The number of likely N-dealkylation sites (N-methyl/N-ethyl adjacent to an activating group) is 1. The molecule has 124 valence electrons. The van der Waals surface area contributed by atoms with Gasteiger partial charge < -0.3 is 0 Å². The van der Waals surface area contributed by atoms with Crippen LogP contribution in [0.4, 0.5) is 5.69 Å². The molecule has 24 heavy (non-hydrogen) atoms. The third-order valence-electron chi connectivity index (χ3n) is 4.04. The summed E-state index contributed by atoms with van der Waals surface area (Å²) in [4.78, 5) is 11.9.